The van der Waals surface area contributed by atoms with Gasteiger partial charge in [0, 0.05) is 0 Å². The average molecular weight is 307 g/mol. The van der Waals surface area contributed by atoms with Crippen LogP contribution in [-0.2, 0) is 14.6 Å². The van der Waals surface area contributed by atoms with Gasteiger partial charge in [-0.1, -0.05) is 31.1 Å². The van der Waals surface area contributed by atoms with Crippen LogP contribution in [0.5, 0.6) is 0 Å². The lowest BCUT2D eigenvalue weighted by atomic mass is 10.3. The average Bonchev–Trinajstić information content (AvgIpc) is 2.78. The molecule has 8 nitrogen and oxygen atoms in total. The molecule has 1 aromatic rings. The van der Waals surface area contributed by atoms with E-state index in [0.717, 1.165) is 12.8 Å². The first-order chi connectivity index (χ1) is 8.86. The van der Waals surface area contributed by atoms with Gasteiger partial charge in [-0.05, 0) is 6.42 Å². The van der Waals surface area contributed by atoms with Crippen LogP contribution in [-0.4, -0.2) is 36.4 Å². The smallest absolute Gasteiger partial charge is 0.371 e. The zero-order chi connectivity index (χ0) is 14.5. The van der Waals surface area contributed by atoms with Crippen molar-refractivity contribution >= 4 is 33.2 Å². The van der Waals surface area contributed by atoms with E-state index >= 15 is 0 Å². The molecule has 0 aliphatic carbocycles. The molecule has 0 unspecified atom stereocenters. The monoisotopic (exact) mass is 307 g/mol. The van der Waals surface area contributed by atoms with Crippen molar-refractivity contribution in [2.75, 3.05) is 5.75 Å². The number of unbranched alkanes of at least 4 members (excludes halogenated alkanes) is 2. The van der Waals surface area contributed by atoms with Crippen LogP contribution in [0.3, 0.4) is 0 Å². The zero-order valence-electron chi connectivity index (χ0n) is 10.2. The Morgan fingerprint density at radius 1 is 1.32 bits per heavy atom. The lowest BCUT2D eigenvalue weighted by Gasteiger charge is -1.98. The number of aromatic nitrogens is 2. The number of nitrogens with zero attached hydrogens (tertiary/aromatic N) is 2. The number of carbonyl (C=O) groups is 2. The van der Waals surface area contributed by atoms with Crippen LogP contribution in [0, 0.1) is 0 Å². The molecule has 1 aromatic heterocycles. The Morgan fingerprint density at radius 3 is 2.58 bits per heavy atom. The third-order valence-corrected chi connectivity index (χ3v) is 5.21. The van der Waals surface area contributed by atoms with E-state index in [2.05, 4.69) is 20.7 Å². The lowest BCUT2D eigenvalue weighted by Crippen LogP contribution is -2.18. The van der Waals surface area contributed by atoms with Crippen LogP contribution < -0.4 is 5.73 Å². The van der Waals surface area contributed by atoms with Gasteiger partial charge in [-0.2, -0.15) is 0 Å². The summed E-state index contributed by atoms with van der Waals surface area (Å²) < 4.78 is 27.5. The fourth-order valence-electron chi connectivity index (χ4n) is 1.18. The van der Waals surface area contributed by atoms with Crippen molar-refractivity contribution < 1.29 is 22.7 Å². The molecule has 1 amide bonds. The van der Waals surface area contributed by atoms with Crippen LogP contribution in [0.15, 0.2) is 4.34 Å². The molecular formula is C9H13N3O5S2. The van der Waals surface area contributed by atoms with Crippen molar-refractivity contribution in [1.29, 1.82) is 0 Å². The van der Waals surface area contributed by atoms with Crippen molar-refractivity contribution in [3.05, 3.63) is 5.01 Å². The fraction of sp³-hybridized carbons (Fsp3) is 0.556. The van der Waals surface area contributed by atoms with E-state index in [9.17, 15) is 18.0 Å². The number of rotatable bonds is 6. The van der Waals surface area contributed by atoms with Crippen molar-refractivity contribution in [2.24, 2.45) is 5.73 Å². The highest BCUT2D eigenvalue weighted by atomic mass is 32.2. The van der Waals surface area contributed by atoms with Gasteiger partial charge < -0.3 is 10.5 Å². The molecule has 2 N–H and O–H groups in total. The number of ether oxygens (including phenoxy) is 1. The van der Waals surface area contributed by atoms with Gasteiger partial charge in [0.1, 0.15) is 0 Å². The van der Waals surface area contributed by atoms with Crippen molar-refractivity contribution in [3.8, 4) is 0 Å². The molecule has 0 saturated heterocycles. The number of sulfone groups is 1. The van der Waals surface area contributed by atoms with Crippen molar-refractivity contribution in [2.45, 2.75) is 30.5 Å². The number of esters is 1. The Morgan fingerprint density at radius 2 is 2.00 bits per heavy atom. The topological polar surface area (TPSA) is 129 Å². The highest BCUT2D eigenvalue weighted by Gasteiger charge is 2.23. The van der Waals surface area contributed by atoms with E-state index < -0.39 is 21.9 Å². The maximum absolute atomic E-state index is 11.8. The summed E-state index contributed by atoms with van der Waals surface area (Å²) in [5, 5.41) is 6.47. The molecule has 0 fully saturated rings. The first-order valence-corrected chi connectivity index (χ1v) is 7.91. The molecule has 1 heterocycles. The second-order valence-corrected chi connectivity index (χ2v) is 6.87. The Labute approximate surface area is 113 Å². The van der Waals surface area contributed by atoms with Gasteiger partial charge in [-0.3, -0.25) is 0 Å². The van der Waals surface area contributed by atoms with E-state index in [1.807, 2.05) is 6.92 Å². The molecule has 0 atom stereocenters. The van der Waals surface area contributed by atoms with E-state index in [4.69, 9.17) is 0 Å². The minimum absolute atomic E-state index is 0.0552. The maximum Gasteiger partial charge on any atom is 0.412 e. The molecule has 19 heavy (non-hydrogen) atoms. The van der Waals surface area contributed by atoms with Gasteiger partial charge in [0.2, 0.25) is 19.2 Å². The number of hydrogen-bond donors (Lipinski definition) is 1. The number of amides is 1. The van der Waals surface area contributed by atoms with Gasteiger partial charge >= 0.3 is 12.1 Å². The molecule has 0 spiro atoms. The zero-order valence-corrected chi connectivity index (χ0v) is 11.8. The van der Waals surface area contributed by atoms with Crippen LogP contribution in [0.25, 0.3) is 0 Å². The Bertz CT molecular complexity index is 566. The van der Waals surface area contributed by atoms with Gasteiger partial charge in [0.25, 0.3) is 0 Å². The quantitative estimate of drug-likeness (QED) is 0.466. The molecular weight excluding hydrogens is 294 g/mol. The van der Waals surface area contributed by atoms with Crippen LogP contribution in [0.2, 0.25) is 0 Å². The fourth-order valence-corrected chi connectivity index (χ4v) is 3.55. The predicted molar refractivity (Wildman–Crippen MR) is 66.5 cm³/mol. The summed E-state index contributed by atoms with van der Waals surface area (Å²) in [4.78, 5) is 21.6. The standard InChI is InChI=1S/C9H13N3O5S2/c1-2-3-4-5-19(15,16)9-12-11-6(18-9)7(13)17-8(10)14/h2-5H2,1H3,(H2,10,14). The third kappa shape index (κ3) is 4.56. The normalized spacial score (nSPS) is 11.2. The molecule has 106 valence electrons. The number of nitrogens with two attached hydrogens (primary N) is 1. The molecule has 0 aliphatic heterocycles. The minimum Gasteiger partial charge on any atom is -0.371 e. The molecule has 1 rings (SSSR count). The Balaban J connectivity index is 2.78. The largest absolute Gasteiger partial charge is 0.412 e. The Kier molecular flexibility index (Phi) is 5.36. The van der Waals surface area contributed by atoms with E-state index in [1.54, 1.807) is 0 Å². The summed E-state index contributed by atoms with van der Waals surface area (Å²) in [5.41, 5.74) is 4.66. The highest BCUT2D eigenvalue weighted by molar-refractivity contribution is 7.93. The van der Waals surface area contributed by atoms with Crippen LogP contribution >= 0.6 is 11.3 Å². The summed E-state index contributed by atoms with van der Waals surface area (Å²) >= 11 is 0.555. The summed E-state index contributed by atoms with van der Waals surface area (Å²) in [6, 6.07) is 0. The SMILES string of the molecule is CCCCCS(=O)(=O)c1nnc(C(=O)OC(N)=O)s1. The molecule has 0 aliphatic rings. The van der Waals surface area contributed by atoms with Gasteiger partial charge in [0.15, 0.2) is 0 Å². The predicted octanol–water partition coefficient (Wildman–Crippen LogP) is 0.738. The van der Waals surface area contributed by atoms with Crippen LogP contribution in [0.4, 0.5) is 4.79 Å². The second-order valence-electron chi connectivity index (χ2n) is 3.61. The Hall–Kier alpha value is -1.55. The number of primary amides is 1. The first-order valence-electron chi connectivity index (χ1n) is 5.44. The highest BCUT2D eigenvalue weighted by Crippen LogP contribution is 2.19. The van der Waals surface area contributed by atoms with E-state index in [-0.39, 0.29) is 15.1 Å². The lowest BCUT2D eigenvalue weighted by molar-refractivity contribution is 0.0637. The molecule has 0 bridgehead atoms. The van der Waals surface area contributed by atoms with E-state index in [0.29, 0.717) is 17.8 Å². The van der Waals surface area contributed by atoms with Gasteiger partial charge in [0.05, 0.1) is 5.75 Å². The third-order valence-electron chi connectivity index (χ3n) is 2.06. The number of carbonyl (C=O) groups excluding carboxylic acids is 2. The maximum atomic E-state index is 11.8. The first kappa shape index (κ1) is 15.5. The summed E-state index contributed by atoms with van der Waals surface area (Å²) in [7, 11) is -3.55. The number of hydrogen-bond acceptors (Lipinski definition) is 8. The van der Waals surface area contributed by atoms with Gasteiger partial charge in [-0.15, -0.1) is 10.2 Å². The summed E-state index contributed by atoms with van der Waals surface area (Å²) in [6.07, 6.45) is 0.906. The second kappa shape index (κ2) is 6.57. The molecule has 10 heteroatoms. The summed E-state index contributed by atoms with van der Waals surface area (Å²) in [6.45, 7) is 1.95. The molecule has 0 saturated carbocycles. The van der Waals surface area contributed by atoms with Crippen LogP contribution in [0.1, 0.15) is 36.0 Å². The molecule has 0 aromatic carbocycles. The van der Waals surface area contributed by atoms with E-state index in [1.165, 1.54) is 0 Å². The molecule has 0 radical (unpaired) electrons. The van der Waals surface area contributed by atoms with Crippen molar-refractivity contribution in [1.82, 2.24) is 10.2 Å². The summed E-state index contributed by atoms with van der Waals surface area (Å²) in [5.74, 6) is -1.17. The van der Waals surface area contributed by atoms with Gasteiger partial charge in [-0.25, -0.2) is 18.0 Å². The minimum atomic E-state index is -3.55. The van der Waals surface area contributed by atoms with Crippen molar-refractivity contribution in [3.63, 3.8) is 0 Å².